The Labute approximate surface area is 128 Å². The molecule has 118 valence electrons. The average molecular weight is 324 g/mol. The Hall–Kier alpha value is -2.09. The van der Waals surface area contributed by atoms with Gasteiger partial charge in [-0.15, -0.1) is 0 Å². The first kappa shape index (κ1) is 14.8. The Kier molecular flexibility index (Phi) is 3.78. The number of ether oxygens (including phenoxy) is 1. The molecular weight excluding hydrogens is 308 g/mol. The second-order valence-corrected chi connectivity index (χ2v) is 7.69. The molecule has 0 aromatic heterocycles. The molecule has 2 heterocycles. The molecule has 1 aromatic carbocycles. The lowest BCUT2D eigenvalue weighted by Gasteiger charge is -2.29. The van der Waals surface area contributed by atoms with Crippen molar-refractivity contribution < 1.29 is 22.7 Å². The molecule has 22 heavy (non-hydrogen) atoms. The van der Waals surface area contributed by atoms with Crippen molar-refractivity contribution in [1.29, 1.82) is 0 Å². The van der Waals surface area contributed by atoms with Gasteiger partial charge in [0, 0.05) is 6.04 Å². The zero-order chi connectivity index (χ0) is 15.7. The van der Waals surface area contributed by atoms with Crippen molar-refractivity contribution >= 4 is 27.4 Å². The summed E-state index contributed by atoms with van der Waals surface area (Å²) in [7, 11) is -3.03. The van der Waals surface area contributed by atoms with E-state index in [-0.39, 0.29) is 36.5 Å². The molecule has 1 atom stereocenters. The van der Waals surface area contributed by atoms with Crippen LogP contribution in [0.1, 0.15) is 6.42 Å². The van der Waals surface area contributed by atoms with E-state index in [4.69, 9.17) is 4.74 Å². The van der Waals surface area contributed by atoms with E-state index < -0.39 is 15.8 Å². The van der Waals surface area contributed by atoms with Gasteiger partial charge in [-0.1, -0.05) is 12.1 Å². The van der Waals surface area contributed by atoms with Gasteiger partial charge in [-0.2, -0.15) is 0 Å². The van der Waals surface area contributed by atoms with Gasteiger partial charge in [-0.05, 0) is 18.6 Å². The molecule has 1 fully saturated rings. The van der Waals surface area contributed by atoms with Gasteiger partial charge in [0.05, 0.1) is 23.7 Å². The Morgan fingerprint density at radius 1 is 1.36 bits per heavy atom. The second kappa shape index (κ2) is 5.60. The van der Waals surface area contributed by atoms with Crippen molar-refractivity contribution in [2.24, 2.45) is 0 Å². The van der Waals surface area contributed by atoms with Gasteiger partial charge >= 0.3 is 5.97 Å². The molecule has 1 N–H and O–H groups in total. The molecule has 3 rings (SSSR count). The third-order valence-electron chi connectivity index (χ3n) is 3.68. The van der Waals surface area contributed by atoms with E-state index in [0.29, 0.717) is 17.9 Å². The molecule has 0 aliphatic carbocycles. The van der Waals surface area contributed by atoms with Crippen molar-refractivity contribution in [2.75, 3.05) is 29.5 Å². The van der Waals surface area contributed by atoms with Gasteiger partial charge < -0.3 is 15.0 Å². The standard InChI is InChI=1S/C14H16N2O5S/c17-13(15-10-5-6-22(19,20)9-10)7-16-8-14(18)21-12-4-2-1-3-11(12)16/h1-4,10H,5-9H2,(H,15,17)/t10-/m0/s1. The fourth-order valence-electron chi connectivity index (χ4n) is 2.70. The van der Waals surface area contributed by atoms with Crippen molar-refractivity contribution in [3.63, 3.8) is 0 Å². The van der Waals surface area contributed by atoms with Crippen molar-refractivity contribution in [3.8, 4) is 5.75 Å². The van der Waals surface area contributed by atoms with Crippen LogP contribution in [0.25, 0.3) is 0 Å². The average Bonchev–Trinajstić information content (AvgIpc) is 2.77. The van der Waals surface area contributed by atoms with Gasteiger partial charge in [-0.3, -0.25) is 4.79 Å². The summed E-state index contributed by atoms with van der Waals surface area (Å²) in [4.78, 5) is 25.3. The molecule has 0 saturated carbocycles. The van der Waals surface area contributed by atoms with Crippen LogP contribution in [0.15, 0.2) is 24.3 Å². The van der Waals surface area contributed by atoms with E-state index >= 15 is 0 Å². The minimum atomic E-state index is -3.03. The first-order valence-electron chi connectivity index (χ1n) is 6.97. The number of hydrogen-bond donors (Lipinski definition) is 1. The third kappa shape index (κ3) is 3.22. The Balaban J connectivity index is 1.66. The third-order valence-corrected chi connectivity index (χ3v) is 5.45. The normalized spacial score (nSPS) is 22.8. The zero-order valence-corrected chi connectivity index (χ0v) is 12.6. The summed E-state index contributed by atoms with van der Waals surface area (Å²) < 4.78 is 27.9. The van der Waals surface area contributed by atoms with E-state index in [9.17, 15) is 18.0 Å². The predicted molar refractivity (Wildman–Crippen MR) is 79.5 cm³/mol. The Morgan fingerprint density at radius 3 is 2.86 bits per heavy atom. The quantitative estimate of drug-likeness (QED) is 0.607. The molecule has 0 spiro atoms. The Bertz CT molecular complexity index is 716. The van der Waals surface area contributed by atoms with Gasteiger partial charge in [0.25, 0.3) is 0 Å². The maximum atomic E-state index is 12.1. The van der Waals surface area contributed by atoms with Crippen LogP contribution in [0, 0.1) is 0 Å². The molecule has 1 aromatic rings. The summed E-state index contributed by atoms with van der Waals surface area (Å²) in [5.41, 5.74) is 0.677. The van der Waals surface area contributed by atoms with E-state index in [1.54, 1.807) is 29.2 Å². The highest BCUT2D eigenvalue weighted by Crippen LogP contribution is 2.31. The second-order valence-electron chi connectivity index (χ2n) is 5.47. The summed E-state index contributed by atoms with van der Waals surface area (Å²) in [6.45, 7) is -0.0178. The van der Waals surface area contributed by atoms with E-state index in [1.165, 1.54) is 0 Å². The number of hydrogen-bond acceptors (Lipinski definition) is 6. The fourth-order valence-corrected chi connectivity index (χ4v) is 4.37. The maximum Gasteiger partial charge on any atom is 0.331 e. The highest BCUT2D eigenvalue weighted by atomic mass is 32.2. The summed E-state index contributed by atoms with van der Waals surface area (Å²) >= 11 is 0. The van der Waals surface area contributed by atoms with Crippen LogP contribution < -0.4 is 15.0 Å². The summed E-state index contributed by atoms with van der Waals surface area (Å²) in [5.74, 6) is -0.203. The number of carbonyl (C=O) groups is 2. The number of nitrogens with zero attached hydrogens (tertiary/aromatic N) is 1. The molecule has 0 unspecified atom stereocenters. The highest BCUT2D eigenvalue weighted by molar-refractivity contribution is 7.91. The fraction of sp³-hybridized carbons (Fsp3) is 0.429. The topological polar surface area (TPSA) is 92.8 Å². The molecule has 2 aliphatic rings. The zero-order valence-electron chi connectivity index (χ0n) is 11.8. The van der Waals surface area contributed by atoms with Crippen LogP contribution in [0.5, 0.6) is 5.75 Å². The summed E-state index contributed by atoms with van der Waals surface area (Å²) in [5, 5.41) is 2.72. The molecule has 0 bridgehead atoms. The Morgan fingerprint density at radius 2 is 2.14 bits per heavy atom. The van der Waals surface area contributed by atoms with Crippen LogP contribution in [0.2, 0.25) is 0 Å². The predicted octanol–water partition coefficient (Wildman–Crippen LogP) is -0.285. The smallest absolute Gasteiger partial charge is 0.331 e. The minimum Gasteiger partial charge on any atom is -0.423 e. The number of benzene rings is 1. The number of esters is 1. The molecule has 1 amide bonds. The number of fused-ring (bicyclic) bond motifs is 1. The molecule has 8 heteroatoms. The van der Waals surface area contributed by atoms with E-state index in [1.807, 2.05) is 0 Å². The van der Waals surface area contributed by atoms with Crippen molar-refractivity contribution in [1.82, 2.24) is 5.32 Å². The lowest BCUT2D eigenvalue weighted by atomic mass is 10.2. The van der Waals surface area contributed by atoms with Gasteiger partial charge in [0.1, 0.15) is 6.54 Å². The first-order chi connectivity index (χ1) is 10.4. The largest absolute Gasteiger partial charge is 0.423 e. The van der Waals surface area contributed by atoms with Crippen LogP contribution in [0.3, 0.4) is 0 Å². The molecule has 1 saturated heterocycles. The SMILES string of the molecule is O=C(CN1CC(=O)Oc2ccccc21)N[C@H]1CCS(=O)(=O)C1. The number of para-hydroxylation sites is 2. The van der Waals surface area contributed by atoms with Gasteiger partial charge in [0.2, 0.25) is 5.91 Å². The molecule has 0 radical (unpaired) electrons. The number of anilines is 1. The summed E-state index contributed by atoms with van der Waals surface area (Å²) in [6.07, 6.45) is 0.437. The minimum absolute atomic E-state index is 0.00655. The number of carbonyl (C=O) groups excluding carboxylic acids is 2. The van der Waals surface area contributed by atoms with Crippen LogP contribution in [0.4, 0.5) is 5.69 Å². The molecule has 2 aliphatic heterocycles. The van der Waals surface area contributed by atoms with E-state index in [2.05, 4.69) is 5.32 Å². The van der Waals surface area contributed by atoms with Gasteiger partial charge in [-0.25, -0.2) is 13.2 Å². The van der Waals surface area contributed by atoms with Crippen molar-refractivity contribution in [2.45, 2.75) is 12.5 Å². The lowest BCUT2D eigenvalue weighted by molar-refractivity contribution is -0.133. The van der Waals surface area contributed by atoms with E-state index in [0.717, 1.165) is 0 Å². The maximum absolute atomic E-state index is 12.1. The highest BCUT2D eigenvalue weighted by Gasteiger charge is 2.30. The number of rotatable bonds is 3. The monoisotopic (exact) mass is 324 g/mol. The summed E-state index contributed by atoms with van der Waals surface area (Å²) in [6, 6.07) is 6.64. The van der Waals surface area contributed by atoms with Crippen LogP contribution in [-0.4, -0.2) is 50.9 Å². The van der Waals surface area contributed by atoms with Crippen LogP contribution >= 0.6 is 0 Å². The first-order valence-corrected chi connectivity index (χ1v) is 8.79. The number of sulfone groups is 1. The number of amides is 1. The number of nitrogens with one attached hydrogen (secondary N) is 1. The van der Waals surface area contributed by atoms with Crippen LogP contribution in [-0.2, 0) is 19.4 Å². The molecule has 7 nitrogen and oxygen atoms in total. The van der Waals surface area contributed by atoms with Gasteiger partial charge in [0.15, 0.2) is 15.6 Å². The molecular formula is C14H16N2O5S. The van der Waals surface area contributed by atoms with Crippen molar-refractivity contribution in [3.05, 3.63) is 24.3 Å². The lowest BCUT2D eigenvalue weighted by Crippen LogP contribution is -2.46.